The molecule has 84 valence electrons. The van der Waals surface area contributed by atoms with Crippen LogP contribution in [0.3, 0.4) is 0 Å². The summed E-state index contributed by atoms with van der Waals surface area (Å²) in [6, 6.07) is 3.31. The first-order valence-corrected chi connectivity index (χ1v) is 4.76. The van der Waals surface area contributed by atoms with Gasteiger partial charge >= 0.3 is 0 Å². The molecular formula is C11H14F3N. The minimum atomic E-state index is -2.78. The minimum absolute atomic E-state index is 0.141. The third-order valence-electron chi connectivity index (χ3n) is 2.36. The van der Waals surface area contributed by atoms with E-state index in [-0.39, 0.29) is 12.0 Å². The lowest BCUT2D eigenvalue weighted by Crippen LogP contribution is -2.17. The molecule has 0 aromatic heterocycles. The summed E-state index contributed by atoms with van der Waals surface area (Å²) in [5.74, 6) is -0.750. The number of benzene rings is 1. The SMILES string of the molecule is CC(C)C(N)c1ccc(C(F)F)c(F)c1. The van der Waals surface area contributed by atoms with Crippen LogP contribution in [0.5, 0.6) is 0 Å². The number of halogens is 3. The van der Waals surface area contributed by atoms with Gasteiger partial charge in [-0.15, -0.1) is 0 Å². The molecule has 1 aromatic rings. The molecule has 4 heteroatoms. The van der Waals surface area contributed by atoms with Crippen molar-refractivity contribution in [2.45, 2.75) is 26.3 Å². The average Bonchev–Trinajstić information content (AvgIpc) is 2.15. The monoisotopic (exact) mass is 217 g/mol. The van der Waals surface area contributed by atoms with E-state index in [2.05, 4.69) is 0 Å². The van der Waals surface area contributed by atoms with Crippen LogP contribution in [0.1, 0.15) is 37.4 Å². The largest absolute Gasteiger partial charge is 0.324 e. The zero-order valence-electron chi connectivity index (χ0n) is 8.68. The fraction of sp³-hybridized carbons (Fsp3) is 0.455. The molecule has 0 aliphatic rings. The second-order valence-corrected chi connectivity index (χ2v) is 3.85. The van der Waals surface area contributed by atoms with Gasteiger partial charge in [0, 0.05) is 6.04 Å². The maximum atomic E-state index is 13.2. The van der Waals surface area contributed by atoms with Gasteiger partial charge in [0.05, 0.1) is 5.56 Å². The molecule has 2 N–H and O–H groups in total. The fourth-order valence-corrected chi connectivity index (χ4v) is 1.31. The van der Waals surface area contributed by atoms with Crippen molar-refractivity contribution in [1.29, 1.82) is 0 Å². The Morgan fingerprint density at radius 2 is 1.80 bits per heavy atom. The van der Waals surface area contributed by atoms with E-state index in [1.165, 1.54) is 6.07 Å². The minimum Gasteiger partial charge on any atom is -0.324 e. The van der Waals surface area contributed by atoms with Crippen molar-refractivity contribution < 1.29 is 13.2 Å². The van der Waals surface area contributed by atoms with Gasteiger partial charge in [0.15, 0.2) is 0 Å². The Hall–Kier alpha value is -1.03. The summed E-state index contributed by atoms with van der Waals surface area (Å²) < 4.78 is 37.7. The van der Waals surface area contributed by atoms with Gasteiger partial charge in [0.2, 0.25) is 0 Å². The van der Waals surface area contributed by atoms with Crippen LogP contribution < -0.4 is 5.73 Å². The number of rotatable bonds is 3. The highest BCUT2D eigenvalue weighted by Crippen LogP contribution is 2.26. The predicted molar refractivity (Wildman–Crippen MR) is 53.1 cm³/mol. The summed E-state index contributed by atoms with van der Waals surface area (Å²) in [4.78, 5) is 0. The quantitative estimate of drug-likeness (QED) is 0.824. The average molecular weight is 217 g/mol. The standard InChI is InChI=1S/C11H14F3N/c1-6(2)10(15)7-3-4-8(11(13)14)9(12)5-7/h3-6,10-11H,15H2,1-2H3. The van der Waals surface area contributed by atoms with Crippen LogP contribution in [0.15, 0.2) is 18.2 Å². The molecule has 0 spiro atoms. The molecule has 0 radical (unpaired) electrons. The highest BCUT2D eigenvalue weighted by atomic mass is 19.3. The lowest BCUT2D eigenvalue weighted by molar-refractivity contribution is 0.146. The summed E-state index contributed by atoms with van der Waals surface area (Å²) in [7, 11) is 0. The van der Waals surface area contributed by atoms with E-state index in [1.807, 2.05) is 13.8 Å². The molecule has 0 aliphatic carbocycles. The second-order valence-electron chi connectivity index (χ2n) is 3.85. The van der Waals surface area contributed by atoms with Gasteiger partial charge in [0.1, 0.15) is 5.82 Å². The molecular weight excluding hydrogens is 203 g/mol. The normalized spacial score (nSPS) is 13.6. The van der Waals surface area contributed by atoms with Gasteiger partial charge < -0.3 is 5.73 Å². The van der Waals surface area contributed by atoms with Gasteiger partial charge in [-0.05, 0) is 17.5 Å². The molecule has 0 fully saturated rings. The van der Waals surface area contributed by atoms with Crippen LogP contribution in [0.4, 0.5) is 13.2 Å². The molecule has 1 unspecified atom stereocenters. The number of hydrogen-bond donors (Lipinski definition) is 1. The second kappa shape index (κ2) is 4.66. The maximum Gasteiger partial charge on any atom is 0.266 e. The predicted octanol–water partition coefficient (Wildman–Crippen LogP) is 3.42. The van der Waals surface area contributed by atoms with Crippen molar-refractivity contribution in [3.8, 4) is 0 Å². The molecule has 0 saturated carbocycles. The van der Waals surface area contributed by atoms with E-state index in [0.717, 1.165) is 12.1 Å². The molecule has 0 bridgehead atoms. The lowest BCUT2D eigenvalue weighted by atomic mass is 9.96. The van der Waals surface area contributed by atoms with Crippen LogP contribution in [-0.4, -0.2) is 0 Å². The summed E-state index contributed by atoms with van der Waals surface area (Å²) in [6.45, 7) is 3.78. The van der Waals surface area contributed by atoms with E-state index >= 15 is 0 Å². The van der Waals surface area contributed by atoms with Gasteiger partial charge in [0.25, 0.3) is 6.43 Å². The Labute approximate surface area is 87.1 Å². The van der Waals surface area contributed by atoms with E-state index in [9.17, 15) is 13.2 Å². The lowest BCUT2D eigenvalue weighted by Gasteiger charge is -2.16. The molecule has 0 saturated heterocycles. The molecule has 1 aromatic carbocycles. The number of nitrogens with two attached hydrogens (primary N) is 1. The summed E-state index contributed by atoms with van der Waals surface area (Å²) in [6.07, 6.45) is -2.78. The number of alkyl halides is 2. The van der Waals surface area contributed by atoms with Gasteiger partial charge in [-0.3, -0.25) is 0 Å². The van der Waals surface area contributed by atoms with Crippen LogP contribution in [0, 0.1) is 11.7 Å². The first-order chi connectivity index (χ1) is 6.93. The van der Waals surface area contributed by atoms with E-state index < -0.39 is 17.8 Å². The fourth-order valence-electron chi connectivity index (χ4n) is 1.31. The van der Waals surface area contributed by atoms with Crippen molar-refractivity contribution in [2.75, 3.05) is 0 Å². The van der Waals surface area contributed by atoms with Crippen molar-refractivity contribution in [3.63, 3.8) is 0 Å². The smallest absolute Gasteiger partial charge is 0.266 e. The molecule has 15 heavy (non-hydrogen) atoms. The summed E-state index contributed by atoms with van der Waals surface area (Å²) >= 11 is 0. The first kappa shape index (κ1) is 12.0. The third-order valence-corrected chi connectivity index (χ3v) is 2.36. The van der Waals surface area contributed by atoms with Crippen LogP contribution in [0.25, 0.3) is 0 Å². The maximum absolute atomic E-state index is 13.2. The molecule has 0 aliphatic heterocycles. The Morgan fingerprint density at radius 1 is 1.20 bits per heavy atom. The molecule has 1 rings (SSSR count). The Bertz CT molecular complexity index is 337. The van der Waals surface area contributed by atoms with E-state index in [4.69, 9.17) is 5.73 Å². The van der Waals surface area contributed by atoms with Gasteiger partial charge in [-0.25, -0.2) is 13.2 Å². The highest BCUT2D eigenvalue weighted by Gasteiger charge is 2.16. The van der Waals surface area contributed by atoms with Crippen molar-refractivity contribution in [1.82, 2.24) is 0 Å². The third kappa shape index (κ3) is 2.72. The van der Waals surface area contributed by atoms with Crippen LogP contribution >= 0.6 is 0 Å². The molecule has 1 nitrogen and oxygen atoms in total. The highest BCUT2D eigenvalue weighted by molar-refractivity contribution is 5.27. The Kier molecular flexibility index (Phi) is 3.74. The van der Waals surface area contributed by atoms with Crippen molar-refractivity contribution in [2.24, 2.45) is 11.7 Å². The zero-order chi connectivity index (χ0) is 11.6. The Morgan fingerprint density at radius 3 is 2.20 bits per heavy atom. The molecule has 0 amide bonds. The van der Waals surface area contributed by atoms with Crippen molar-refractivity contribution in [3.05, 3.63) is 35.1 Å². The van der Waals surface area contributed by atoms with Gasteiger partial charge in [-0.2, -0.15) is 0 Å². The topological polar surface area (TPSA) is 26.0 Å². The van der Waals surface area contributed by atoms with Crippen LogP contribution in [0.2, 0.25) is 0 Å². The molecule has 1 atom stereocenters. The number of hydrogen-bond acceptors (Lipinski definition) is 1. The first-order valence-electron chi connectivity index (χ1n) is 4.76. The van der Waals surface area contributed by atoms with Crippen LogP contribution in [-0.2, 0) is 0 Å². The summed E-state index contributed by atoms with van der Waals surface area (Å²) in [5, 5.41) is 0. The van der Waals surface area contributed by atoms with Crippen molar-refractivity contribution >= 4 is 0 Å². The zero-order valence-corrected chi connectivity index (χ0v) is 8.68. The Balaban J connectivity index is 3.01. The summed E-state index contributed by atoms with van der Waals surface area (Å²) in [5.41, 5.74) is 5.75. The van der Waals surface area contributed by atoms with E-state index in [1.54, 1.807) is 0 Å². The van der Waals surface area contributed by atoms with Gasteiger partial charge in [-0.1, -0.05) is 26.0 Å². The van der Waals surface area contributed by atoms with E-state index in [0.29, 0.717) is 5.56 Å². The molecule has 0 heterocycles.